The average molecular weight is 247 g/mol. The van der Waals surface area contributed by atoms with Gasteiger partial charge in [0.05, 0.1) is 5.56 Å². The summed E-state index contributed by atoms with van der Waals surface area (Å²) >= 11 is 0. The highest BCUT2D eigenvalue weighted by atomic mass is 16.4. The van der Waals surface area contributed by atoms with Gasteiger partial charge in [-0.15, -0.1) is 0 Å². The molecule has 1 atom stereocenters. The van der Waals surface area contributed by atoms with E-state index in [4.69, 9.17) is 5.11 Å². The highest BCUT2D eigenvalue weighted by Gasteiger charge is 2.19. The minimum atomic E-state index is -0.871. The van der Waals surface area contributed by atoms with Crippen LogP contribution in [0.4, 0.5) is 5.69 Å². The molecule has 0 heterocycles. The number of anilines is 1. The van der Waals surface area contributed by atoms with Gasteiger partial charge in [-0.25, -0.2) is 4.79 Å². The van der Waals surface area contributed by atoms with Gasteiger partial charge < -0.3 is 10.4 Å². The first-order chi connectivity index (χ1) is 8.66. The first-order valence-corrected chi connectivity index (χ1v) is 6.76. The predicted molar refractivity (Wildman–Crippen MR) is 73.1 cm³/mol. The summed E-state index contributed by atoms with van der Waals surface area (Å²) in [6.07, 6.45) is 6.58. The molecule has 1 aromatic rings. The van der Waals surface area contributed by atoms with E-state index in [9.17, 15) is 4.79 Å². The van der Waals surface area contributed by atoms with Crippen molar-refractivity contribution in [1.29, 1.82) is 0 Å². The van der Waals surface area contributed by atoms with E-state index in [1.165, 1.54) is 32.1 Å². The molecule has 0 amide bonds. The highest BCUT2D eigenvalue weighted by Crippen LogP contribution is 2.28. The Kier molecular flexibility index (Phi) is 4.24. The lowest BCUT2D eigenvalue weighted by atomic mass is 9.84. The summed E-state index contributed by atoms with van der Waals surface area (Å²) in [5, 5.41) is 12.4. The van der Waals surface area contributed by atoms with Crippen molar-refractivity contribution in [3.05, 3.63) is 29.8 Å². The predicted octanol–water partition coefficient (Wildman–Crippen LogP) is 3.77. The molecule has 1 unspecified atom stereocenters. The summed E-state index contributed by atoms with van der Waals surface area (Å²) in [4.78, 5) is 10.9. The van der Waals surface area contributed by atoms with E-state index in [-0.39, 0.29) is 0 Å². The molecule has 0 saturated heterocycles. The maximum Gasteiger partial charge on any atom is 0.335 e. The molecule has 0 bridgehead atoms. The van der Waals surface area contributed by atoms with E-state index in [0.717, 1.165) is 5.69 Å². The van der Waals surface area contributed by atoms with Crippen LogP contribution in [0, 0.1) is 5.92 Å². The maximum atomic E-state index is 10.9. The summed E-state index contributed by atoms with van der Waals surface area (Å²) in [7, 11) is 0. The van der Waals surface area contributed by atoms with Gasteiger partial charge in [-0.3, -0.25) is 0 Å². The zero-order valence-electron chi connectivity index (χ0n) is 10.9. The fraction of sp³-hybridized carbons (Fsp3) is 0.533. The molecule has 2 rings (SSSR count). The van der Waals surface area contributed by atoms with Gasteiger partial charge in [0, 0.05) is 11.7 Å². The molecule has 3 heteroatoms. The summed E-state index contributed by atoms with van der Waals surface area (Å²) in [5.41, 5.74) is 1.25. The molecule has 0 radical (unpaired) electrons. The minimum Gasteiger partial charge on any atom is -0.478 e. The van der Waals surface area contributed by atoms with Crippen molar-refractivity contribution in [3.8, 4) is 0 Å². The van der Waals surface area contributed by atoms with Gasteiger partial charge >= 0.3 is 5.97 Å². The van der Waals surface area contributed by atoms with Crippen LogP contribution in [-0.2, 0) is 0 Å². The summed E-state index contributed by atoms with van der Waals surface area (Å²) in [6.45, 7) is 2.20. The van der Waals surface area contributed by atoms with Crippen LogP contribution in [0.2, 0.25) is 0 Å². The fourth-order valence-corrected chi connectivity index (χ4v) is 2.76. The molecule has 0 spiro atoms. The molecule has 1 saturated carbocycles. The number of nitrogens with one attached hydrogen (secondary N) is 1. The largest absolute Gasteiger partial charge is 0.478 e. The molecule has 1 fully saturated rings. The molecule has 18 heavy (non-hydrogen) atoms. The lowest BCUT2D eigenvalue weighted by Crippen LogP contribution is -2.27. The molecule has 2 N–H and O–H groups in total. The molecule has 0 aromatic heterocycles. The van der Waals surface area contributed by atoms with E-state index in [1.54, 1.807) is 18.2 Å². The monoisotopic (exact) mass is 247 g/mol. The van der Waals surface area contributed by atoms with Crippen molar-refractivity contribution in [1.82, 2.24) is 0 Å². The van der Waals surface area contributed by atoms with Crippen LogP contribution in [0.15, 0.2) is 24.3 Å². The van der Waals surface area contributed by atoms with E-state index in [0.29, 0.717) is 17.5 Å². The van der Waals surface area contributed by atoms with Gasteiger partial charge in [0.25, 0.3) is 0 Å². The van der Waals surface area contributed by atoms with Gasteiger partial charge in [-0.1, -0.05) is 25.3 Å². The standard InChI is InChI=1S/C15H21NO2/c1-11(12-6-3-2-4-7-12)16-14-9-5-8-13(10-14)15(17)18/h5,8-12,16H,2-4,6-7H2,1H3,(H,17,18). The van der Waals surface area contributed by atoms with E-state index in [2.05, 4.69) is 12.2 Å². The first-order valence-electron chi connectivity index (χ1n) is 6.76. The van der Waals surface area contributed by atoms with Crippen LogP contribution in [0.5, 0.6) is 0 Å². The van der Waals surface area contributed by atoms with E-state index < -0.39 is 5.97 Å². The Morgan fingerprint density at radius 1 is 1.33 bits per heavy atom. The second kappa shape index (κ2) is 5.89. The lowest BCUT2D eigenvalue weighted by Gasteiger charge is -2.29. The Bertz CT molecular complexity index is 411. The fourth-order valence-electron chi connectivity index (χ4n) is 2.76. The number of hydrogen-bond acceptors (Lipinski definition) is 2. The Labute approximate surface area is 108 Å². The normalized spacial score (nSPS) is 18.3. The Morgan fingerprint density at radius 3 is 2.72 bits per heavy atom. The third-order valence-corrected chi connectivity index (χ3v) is 3.86. The highest BCUT2D eigenvalue weighted by molar-refractivity contribution is 5.88. The summed E-state index contributed by atoms with van der Waals surface area (Å²) in [6, 6.07) is 7.47. The van der Waals surface area contributed by atoms with Gasteiger partial charge in [-0.05, 0) is 43.9 Å². The molecule has 1 aliphatic carbocycles. The third kappa shape index (κ3) is 3.25. The third-order valence-electron chi connectivity index (χ3n) is 3.86. The van der Waals surface area contributed by atoms with Crippen LogP contribution in [0.3, 0.4) is 0 Å². The van der Waals surface area contributed by atoms with Gasteiger partial charge in [0.2, 0.25) is 0 Å². The molecule has 98 valence electrons. The second-order valence-electron chi connectivity index (χ2n) is 5.22. The lowest BCUT2D eigenvalue weighted by molar-refractivity contribution is 0.0697. The first kappa shape index (κ1) is 12.9. The average Bonchev–Trinajstić information content (AvgIpc) is 2.40. The van der Waals surface area contributed by atoms with Crippen molar-refractivity contribution in [2.45, 2.75) is 45.1 Å². The molecule has 3 nitrogen and oxygen atoms in total. The van der Waals surface area contributed by atoms with Crippen LogP contribution in [-0.4, -0.2) is 17.1 Å². The number of aromatic carboxylic acids is 1. The van der Waals surface area contributed by atoms with Crippen molar-refractivity contribution in [3.63, 3.8) is 0 Å². The van der Waals surface area contributed by atoms with Crippen molar-refractivity contribution in [2.75, 3.05) is 5.32 Å². The number of carboxylic acids is 1. The van der Waals surface area contributed by atoms with Crippen LogP contribution in [0.25, 0.3) is 0 Å². The topological polar surface area (TPSA) is 49.3 Å². The number of rotatable bonds is 4. The van der Waals surface area contributed by atoms with Crippen molar-refractivity contribution >= 4 is 11.7 Å². The SMILES string of the molecule is CC(Nc1cccc(C(=O)O)c1)C1CCCCC1. The van der Waals surface area contributed by atoms with E-state index in [1.807, 2.05) is 6.07 Å². The zero-order chi connectivity index (χ0) is 13.0. The van der Waals surface area contributed by atoms with Gasteiger partial charge in [0.15, 0.2) is 0 Å². The van der Waals surface area contributed by atoms with E-state index >= 15 is 0 Å². The zero-order valence-corrected chi connectivity index (χ0v) is 10.9. The van der Waals surface area contributed by atoms with Crippen LogP contribution >= 0.6 is 0 Å². The molecule has 0 aliphatic heterocycles. The molecular weight excluding hydrogens is 226 g/mol. The van der Waals surface area contributed by atoms with Crippen LogP contribution in [0.1, 0.15) is 49.4 Å². The Balaban J connectivity index is 1.99. The number of carboxylic acid groups (broad SMARTS) is 1. The van der Waals surface area contributed by atoms with Crippen molar-refractivity contribution < 1.29 is 9.90 Å². The van der Waals surface area contributed by atoms with Gasteiger partial charge in [-0.2, -0.15) is 0 Å². The summed E-state index contributed by atoms with van der Waals surface area (Å²) in [5.74, 6) is -0.156. The quantitative estimate of drug-likeness (QED) is 0.851. The number of hydrogen-bond donors (Lipinski definition) is 2. The molecule has 1 aliphatic rings. The second-order valence-corrected chi connectivity index (χ2v) is 5.22. The Morgan fingerprint density at radius 2 is 2.06 bits per heavy atom. The maximum absolute atomic E-state index is 10.9. The van der Waals surface area contributed by atoms with Crippen LogP contribution < -0.4 is 5.32 Å². The molecular formula is C15H21NO2. The van der Waals surface area contributed by atoms with Crippen molar-refractivity contribution in [2.24, 2.45) is 5.92 Å². The summed E-state index contributed by atoms with van der Waals surface area (Å²) < 4.78 is 0. The number of benzene rings is 1. The Hall–Kier alpha value is -1.51. The minimum absolute atomic E-state index is 0.343. The van der Waals surface area contributed by atoms with Gasteiger partial charge in [0.1, 0.15) is 0 Å². The smallest absolute Gasteiger partial charge is 0.335 e. The molecule has 1 aromatic carbocycles. The number of carbonyl (C=O) groups is 1.